The third-order valence-electron chi connectivity index (χ3n) is 17.8. The highest BCUT2D eigenvalue weighted by Crippen LogP contribution is 2.42. The minimum absolute atomic E-state index is 0.0266. The highest BCUT2D eigenvalue weighted by atomic mass is 35.5. The van der Waals surface area contributed by atoms with Crippen molar-refractivity contribution in [2.24, 2.45) is 0 Å². The Bertz CT molecular complexity index is 7040. The molecule has 0 saturated carbocycles. The Morgan fingerprint density at radius 1 is 0.246 bits per heavy atom. The summed E-state index contributed by atoms with van der Waals surface area (Å²) in [6.45, 7) is 10.2. The third-order valence-corrected chi connectivity index (χ3v) is 26.9. The molecule has 0 spiro atoms. The molecule has 114 heavy (non-hydrogen) atoms. The quantitative estimate of drug-likeness (QED) is 0.107. The molecule has 18 aromatic rings. The van der Waals surface area contributed by atoms with E-state index in [4.69, 9.17) is 98.0 Å². The number of rotatable bonds is 12. The Balaban J connectivity index is 0.000000119. The molecule has 6 heterocycles. The molecule has 0 unspecified atom stereocenters. The minimum Gasteiger partial charge on any atom is -0.495 e. The Morgan fingerprint density at radius 3 is 0.798 bits per heavy atom. The number of benzene rings is 12. The minimum atomic E-state index is -0.0387. The smallest absolute Gasteiger partial charge is 0.197 e. The molecule has 0 amide bonds. The molecular formula is C90H66Cl6O12S6. The van der Waals surface area contributed by atoms with E-state index < -0.39 is 0 Å². The van der Waals surface area contributed by atoms with Gasteiger partial charge >= 0.3 is 0 Å². The number of hydrogen-bond donors (Lipinski definition) is 0. The van der Waals surface area contributed by atoms with Gasteiger partial charge in [0.2, 0.25) is 0 Å². The summed E-state index contributed by atoms with van der Waals surface area (Å²) in [4.78, 5) is 75.2. The molecule has 576 valence electrons. The van der Waals surface area contributed by atoms with E-state index in [0.29, 0.717) is 144 Å². The zero-order chi connectivity index (χ0) is 80.4. The standard InChI is InChI=1S/2C16H13ClO2S.2C15H11ClO2S.2C14H9ClO2S/c1-2-9-19-12-8-7-11(17)14-15(18)10-5-3-4-6-13(10)20-16(12)14;1-2-9-19-11-7-8-13-14(15(11)17)16(18)10-5-3-4-6-12(10)20-13;1-2-18-11-8-7-10(16)13-14(17)9-5-3-4-6-12(9)19-15(11)13;1-2-18-10-7-8-12-13(14(10)16)15(17)9-5-3-4-6-11(9)19-12;1-17-10-7-6-9(15)12-13(16)8-4-2-3-5-11(8)18-14(10)12;1-17-9-6-7-11-12(13(9)15)14(16)8-4-2-3-5-10(8)18-11/h2*3-8H,2,9H2,1H3;2*3-8H,2H2,1H3;2*2-7H,1H3. The van der Waals surface area contributed by atoms with Crippen molar-refractivity contribution in [1.82, 2.24) is 0 Å². The maximum absolute atomic E-state index is 12.6. The van der Waals surface area contributed by atoms with Crippen molar-refractivity contribution < 1.29 is 28.4 Å². The Morgan fingerprint density at radius 2 is 0.482 bits per heavy atom. The van der Waals surface area contributed by atoms with Crippen LogP contribution in [0.1, 0.15) is 40.5 Å². The van der Waals surface area contributed by atoms with E-state index in [1.54, 1.807) is 89.9 Å². The van der Waals surface area contributed by atoms with Gasteiger partial charge < -0.3 is 28.4 Å². The fraction of sp³-hybridized carbons (Fsp3) is 0.133. The predicted molar refractivity (Wildman–Crippen MR) is 491 cm³/mol. The molecule has 0 aliphatic rings. The van der Waals surface area contributed by atoms with Crippen LogP contribution in [0.25, 0.3) is 121 Å². The lowest BCUT2D eigenvalue weighted by Gasteiger charge is -2.09. The van der Waals surface area contributed by atoms with E-state index in [0.717, 1.165) is 80.7 Å². The summed E-state index contributed by atoms with van der Waals surface area (Å²) in [5, 5.41) is 10.2. The van der Waals surface area contributed by atoms with Gasteiger partial charge in [-0.1, -0.05) is 156 Å². The maximum Gasteiger partial charge on any atom is 0.197 e. The lowest BCUT2D eigenvalue weighted by Crippen LogP contribution is -2.03. The van der Waals surface area contributed by atoms with Crippen molar-refractivity contribution in [1.29, 1.82) is 0 Å². The molecule has 0 N–H and O–H groups in total. The molecule has 18 rings (SSSR count). The van der Waals surface area contributed by atoms with Crippen LogP contribution in [0.15, 0.2) is 247 Å². The first-order valence-corrected chi connectivity index (χ1v) is 42.9. The second-order valence-electron chi connectivity index (χ2n) is 25.0. The predicted octanol–water partition coefficient (Wildman–Crippen LogP) is 26.8. The van der Waals surface area contributed by atoms with Gasteiger partial charge in [-0.05, 0) is 172 Å². The SMILES string of the molecule is CCCOc1ccc(Cl)c2c(=O)c3ccccc3sc12.CCCOc1ccc2sc3ccccc3c(=O)c2c1Cl.CCOc1ccc(Cl)c2c(=O)c3ccccc3sc12.CCOc1ccc2sc3ccccc3c(=O)c2c1Cl.COc1ccc(Cl)c2c(=O)c3ccccc3sc12.COc1ccc2sc3ccccc3c(=O)c2c1Cl. The Hall–Kier alpha value is -9.48. The molecule has 12 aromatic carbocycles. The normalized spacial score (nSPS) is 11.1. The lowest BCUT2D eigenvalue weighted by atomic mass is 10.2. The molecule has 0 radical (unpaired) electrons. The first-order valence-electron chi connectivity index (χ1n) is 35.8. The van der Waals surface area contributed by atoms with Crippen molar-refractivity contribution >= 4 is 259 Å². The van der Waals surface area contributed by atoms with Gasteiger partial charge in [0.15, 0.2) is 32.6 Å². The van der Waals surface area contributed by atoms with Gasteiger partial charge in [-0.25, -0.2) is 0 Å². The Kier molecular flexibility index (Phi) is 27.1. The van der Waals surface area contributed by atoms with Gasteiger partial charge in [-0.15, -0.1) is 68.0 Å². The molecule has 0 saturated heterocycles. The van der Waals surface area contributed by atoms with Crippen LogP contribution in [0.5, 0.6) is 34.5 Å². The van der Waals surface area contributed by atoms with E-state index >= 15 is 0 Å². The molecule has 0 atom stereocenters. The summed E-state index contributed by atoms with van der Waals surface area (Å²) < 4.78 is 43.7. The number of ether oxygens (including phenoxy) is 6. The molecule has 24 heteroatoms. The summed E-state index contributed by atoms with van der Waals surface area (Å²) in [7, 11) is 3.14. The first kappa shape index (κ1) is 82.5. The summed E-state index contributed by atoms with van der Waals surface area (Å²) in [5.41, 5.74) is -0.194. The number of hydrogen-bond acceptors (Lipinski definition) is 18. The third kappa shape index (κ3) is 17.1. The molecule has 6 aromatic heterocycles. The van der Waals surface area contributed by atoms with Crippen molar-refractivity contribution in [2.45, 2.75) is 40.5 Å². The fourth-order valence-electron chi connectivity index (χ4n) is 12.5. The molecule has 0 fully saturated rings. The maximum atomic E-state index is 12.6. The van der Waals surface area contributed by atoms with Crippen LogP contribution in [0.3, 0.4) is 0 Å². The molecular weight excluding hydrogens is 1680 g/mol. The van der Waals surface area contributed by atoms with Gasteiger partial charge in [0.05, 0.1) is 117 Å². The van der Waals surface area contributed by atoms with Gasteiger partial charge in [0, 0.05) is 74.6 Å². The molecule has 0 bridgehead atoms. The van der Waals surface area contributed by atoms with E-state index in [2.05, 4.69) is 6.92 Å². The van der Waals surface area contributed by atoms with Crippen LogP contribution in [0.2, 0.25) is 30.1 Å². The van der Waals surface area contributed by atoms with E-state index in [9.17, 15) is 28.8 Å². The monoisotopic (exact) mass is 1740 g/mol. The summed E-state index contributed by atoms with van der Waals surface area (Å²) in [5.74, 6) is 3.82. The second kappa shape index (κ2) is 37.4. The summed E-state index contributed by atoms with van der Waals surface area (Å²) >= 11 is 46.8. The van der Waals surface area contributed by atoms with Crippen molar-refractivity contribution in [3.63, 3.8) is 0 Å². The van der Waals surface area contributed by atoms with E-state index in [-0.39, 0.29) is 32.6 Å². The van der Waals surface area contributed by atoms with Crippen LogP contribution in [0.4, 0.5) is 0 Å². The van der Waals surface area contributed by atoms with Crippen molar-refractivity contribution in [3.8, 4) is 34.5 Å². The average Bonchev–Trinajstić information content (AvgIpc) is 0.789. The summed E-state index contributed by atoms with van der Waals surface area (Å²) in [6, 6.07) is 67.1. The molecule has 0 aliphatic carbocycles. The lowest BCUT2D eigenvalue weighted by molar-refractivity contribution is 0.318. The van der Waals surface area contributed by atoms with Crippen LogP contribution in [-0.2, 0) is 0 Å². The van der Waals surface area contributed by atoms with Crippen LogP contribution in [0, 0.1) is 0 Å². The molecule has 0 aliphatic heterocycles. The largest absolute Gasteiger partial charge is 0.495 e. The number of methoxy groups -OCH3 is 2. The van der Waals surface area contributed by atoms with Gasteiger partial charge in [-0.3, -0.25) is 28.8 Å². The van der Waals surface area contributed by atoms with Crippen LogP contribution < -0.4 is 61.0 Å². The highest BCUT2D eigenvalue weighted by molar-refractivity contribution is 7.27. The zero-order valence-corrected chi connectivity index (χ0v) is 71.1. The van der Waals surface area contributed by atoms with Crippen molar-refractivity contribution in [2.75, 3.05) is 40.6 Å². The highest BCUT2D eigenvalue weighted by Gasteiger charge is 2.20. The topological polar surface area (TPSA) is 158 Å². The van der Waals surface area contributed by atoms with Gasteiger partial charge in [-0.2, -0.15) is 0 Å². The van der Waals surface area contributed by atoms with Crippen LogP contribution >= 0.6 is 138 Å². The number of halogens is 6. The van der Waals surface area contributed by atoms with Crippen LogP contribution in [-0.4, -0.2) is 40.6 Å². The fourth-order valence-corrected chi connectivity index (χ4v) is 21.3. The second-order valence-corrected chi connectivity index (χ2v) is 33.8. The Labute approximate surface area is 706 Å². The summed E-state index contributed by atoms with van der Waals surface area (Å²) in [6.07, 6.45) is 1.82. The average molecular weight is 1740 g/mol. The first-order chi connectivity index (χ1) is 55.3. The molecule has 12 nitrogen and oxygen atoms in total. The van der Waals surface area contributed by atoms with E-state index in [1.165, 1.54) is 22.7 Å². The van der Waals surface area contributed by atoms with Gasteiger partial charge in [0.25, 0.3) is 0 Å². The zero-order valence-electron chi connectivity index (χ0n) is 61.6. The van der Waals surface area contributed by atoms with E-state index in [1.807, 2.05) is 209 Å². The van der Waals surface area contributed by atoms with Gasteiger partial charge in [0.1, 0.15) is 34.5 Å². The number of fused-ring (bicyclic) bond motifs is 12. The van der Waals surface area contributed by atoms with Crippen molar-refractivity contribution in [3.05, 3.63) is 310 Å².